The van der Waals surface area contributed by atoms with Gasteiger partial charge in [0.05, 0.1) is 17.1 Å². The second kappa shape index (κ2) is 4.45. The van der Waals surface area contributed by atoms with Crippen LogP contribution in [0.15, 0.2) is 24.4 Å². The molecule has 2 heterocycles. The van der Waals surface area contributed by atoms with Gasteiger partial charge in [-0.3, -0.25) is 4.98 Å². The predicted octanol–water partition coefficient (Wildman–Crippen LogP) is 1.29. The molecule has 2 aromatic heterocycles. The Morgan fingerprint density at radius 2 is 2.19 bits per heavy atom. The normalized spacial score (nSPS) is 10.7. The van der Waals surface area contributed by atoms with E-state index in [0.717, 1.165) is 29.3 Å². The molecule has 0 fully saturated rings. The molecule has 0 radical (unpaired) electrons. The molecule has 0 aliphatic heterocycles. The van der Waals surface area contributed by atoms with Gasteiger partial charge in [-0.1, -0.05) is 6.07 Å². The van der Waals surface area contributed by atoms with Crippen LogP contribution in [-0.4, -0.2) is 21.1 Å². The van der Waals surface area contributed by atoms with Gasteiger partial charge < -0.3 is 10.3 Å². The summed E-state index contributed by atoms with van der Waals surface area (Å²) in [5, 5.41) is 0. The lowest BCUT2D eigenvalue weighted by molar-refractivity contribution is 0.780. The second-order valence-corrected chi connectivity index (χ2v) is 3.77. The fraction of sp³-hybridized carbons (Fsp3) is 0.333. The molecule has 0 aliphatic rings. The number of nitrogens with two attached hydrogens (primary N) is 1. The molecule has 0 spiro atoms. The summed E-state index contributed by atoms with van der Waals surface area (Å²) in [7, 11) is 2.01. The first-order valence-corrected chi connectivity index (χ1v) is 5.37. The minimum Gasteiger partial charge on any atom is -0.330 e. The fourth-order valence-corrected chi connectivity index (χ4v) is 1.91. The summed E-state index contributed by atoms with van der Waals surface area (Å²) >= 11 is 0. The van der Waals surface area contributed by atoms with Crippen LogP contribution < -0.4 is 5.73 Å². The monoisotopic (exact) mass is 216 g/mol. The third-order valence-corrected chi connectivity index (χ3v) is 2.64. The van der Waals surface area contributed by atoms with Crippen LogP contribution in [-0.2, 0) is 13.5 Å². The van der Waals surface area contributed by atoms with Gasteiger partial charge in [0.25, 0.3) is 0 Å². The quantitative estimate of drug-likeness (QED) is 0.841. The van der Waals surface area contributed by atoms with E-state index in [2.05, 4.69) is 14.5 Å². The Morgan fingerprint density at radius 3 is 2.81 bits per heavy atom. The summed E-state index contributed by atoms with van der Waals surface area (Å²) in [5.74, 6) is 1.01. The van der Waals surface area contributed by atoms with E-state index in [1.807, 2.05) is 32.2 Å². The molecule has 0 bridgehead atoms. The topological polar surface area (TPSA) is 56.7 Å². The van der Waals surface area contributed by atoms with Crippen molar-refractivity contribution in [3.05, 3.63) is 35.9 Å². The van der Waals surface area contributed by atoms with Crippen molar-refractivity contribution >= 4 is 0 Å². The highest BCUT2D eigenvalue weighted by Crippen LogP contribution is 2.21. The van der Waals surface area contributed by atoms with Crippen LogP contribution in [0.3, 0.4) is 0 Å². The molecule has 2 aromatic rings. The maximum Gasteiger partial charge on any atom is 0.110 e. The summed E-state index contributed by atoms with van der Waals surface area (Å²) in [4.78, 5) is 8.87. The molecule has 0 aromatic carbocycles. The minimum atomic E-state index is 0.617. The van der Waals surface area contributed by atoms with Crippen molar-refractivity contribution in [1.82, 2.24) is 14.5 Å². The number of nitrogens with zero attached hydrogens (tertiary/aromatic N) is 3. The second-order valence-electron chi connectivity index (χ2n) is 3.77. The van der Waals surface area contributed by atoms with Crippen molar-refractivity contribution in [1.29, 1.82) is 0 Å². The van der Waals surface area contributed by atoms with Crippen LogP contribution in [0, 0.1) is 6.92 Å². The molecule has 2 rings (SSSR count). The molecule has 4 heteroatoms. The van der Waals surface area contributed by atoms with E-state index in [9.17, 15) is 0 Å². The first-order chi connectivity index (χ1) is 7.74. The largest absolute Gasteiger partial charge is 0.330 e. The molecular formula is C12H16N4. The van der Waals surface area contributed by atoms with E-state index < -0.39 is 0 Å². The molecule has 4 nitrogen and oxygen atoms in total. The third-order valence-electron chi connectivity index (χ3n) is 2.64. The number of aromatic nitrogens is 3. The van der Waals surface area contributed by atoms with Crippen molar-refractivity contribution in [3.8, 4) is 11.4 Å². The fourth-order valence-electron chi connectivity index (χ4n) is 1.91. The van der Waals surface area contributed by atoms with Gasteiger partial charge in [0.15, 0.2) is 0 Å². The van der Waals surface area contributed by atoms with Crippen molar-refractivity contribution < 1.29 is 0 Å². The number of imidazole rings is 1. The van der Waals surface area contributed by atoms with Crippen molar-refractivity contribution in [2.24, 2.45) is 12.8 Å². The number of hydrogen-bond acceptors (Lipinski definition) is 3. The van der Waals surface area contributed by atoms with E-state index in [4.69, 9.17) is 5.73 Å². The molecular weight excluding hydrogens is 200 g/mol. The Balaban J connectivity index is 2.49. The van der Waals surface area contributed by atoms with Gasteiger partial charge in [0.2, 0.25) is 0 Å². The van der Waals surface area contributed by atoms with E-state index >= 15 is 0 Å². The Morgan fingerprint density at radius 1 is 1.38 bits per heavy atom. The first-order valence-electron chi connectivity index (χ1n) is 5.37. The average Bonchev–Trinajstić information content (AvgIpc) is 2.56. The Kier molecular flexibility index (Phi) is 3.01. The SMILES string of the molecule is Cc1nc(CCN)n(C)c1-c1ccccn1. The smallest absolute Gasteiger partial charge is 0.110 e. The summed E-state index contributed by atoms with van der Waals surface area (Å²) in [6.45, 7) is 2.62. The lowest BCUT2D eigenvalue weighted by Crippen LogP contribution is -2.08. The third kappa shape index (κ3) is 1.84. The molecule has 0 amide bonds. The zero-order valence-electron chi connectivity index (χ0n) is 9.64. The Bertz CT molecular complexity index is 473. The van der Waals surface area contributed by atoms with E-state index in [0.29, 0.717) is 6.54 Å². The van der Waals surface area contributed by atoms with Crippen LogP contribution >= 0.6 is 0 Å². The summed E-state index contributed by atoms with van der Waals surface area (Å²) in [6.07, 6.45) is 2.59. The van der Waals surface area contributed by atoms with Gasteiger partial charge in [0, 0.05) is 19.7 Å². The standard InChI is InChI=1S/C12H16N4/c1-9-12(10-5-3-4-8-14-10)16(2)11(15-9)6-7-13/h3-5,8H,6-7,13H2,1-2H3. The van der Waals surface area contributed by atoms with Gasteiger partial charge >= 0.3 is 0 Å². The van der Waals surface area contributed by atoms with Crippen LogP contribution in [0.2, 0.25) is 0 Å². The molecule has 16 heavy (non-hydrogen) atoms. The van der Waals surface area contributed by atoms with Crippen LogP contribution in [0.4, 0.5) is 0 Å². The lowest BCUT2D eigenvalue weighted by Gasteiger charge is -2.05. The maximum atomic E-state index is 5.56. The van der Waals surface area contributed by atoms with Gasteiger partial charge in [-0.15, -0.1) is 0 Å². The van der Waals surface area contributed by atoms with Crippen LogP contribution in [0.5, 0.6) is 0 Å². The highest BCUT2D eigenvalue weighted by molar-refractivity contribution is 5.58. The lowest BCUT2D eigenvalue weighted by atomic mass is 10.2. The number of hydrogen-bond donors (Lipinski definition) is 1. The number of rotatable bonds is 3. The zero-order chi connectivity index (χ0) is 11.5. The molecule has 84 valence electrons. The molecule has 0 saturated heterocycles. The maximum absolute atomic E-state index is 5.56. The van der Waals surface area contributed by atoms with Gasteiger partial charge in [-0.25, -0.2) is 4.98 Å². The highest BCUT2D eigenvalue weighted by Gasteiger charge is 2.13. The molecule has 0 atom stereocenters. The van der Waals surface area contributed by atoms with Gasteiger partial charge in [-0.05, 0) is 25.6 Å². The van der Waals surface area contributed by atoms with E-state index in [1.165, 1.54) is 0 Å². The van der Waals surface area contributed by atoms with Gasteiger partial charge in [0.1, 0.15) is 5.82 Å². The molecule has 0 unspecified atom stereocenters. The van der Waals surface area contributed by atoms with Crippen molar-refractivity contribution in [3.63, 3.8) is 0 Å². The average molecular weight is 216 g/mol. The van der Waals surface area contributed by atoms with E-state index in [-0.39, 0.29) is 0 Å². The summed E-state index contributed by atoms with van der Waals surface area (Å²) in [6, 6.07) is 5.89. The Hall–Kier alpha value is -1.68. The van der Waals surface area contributed by atoms with E-state index in [1.54, 1.807) is 6.20 Å². The van der Waals surface area contributed by atoms with Gasteiger partial charge in [-0.2, -0.15) is 0 Å². The summed E-state index contributed by atoms with van der Waals surface area (Å²) in [5.41, 5.74) is 8.59. The zero-order valence-corrected chi connectivity index (χ0v) is 9.64. The highest BCUT2D eigenvalue weighted by atomic mass is 15.1. The molecule has 0 saturated carbocycles. The van der Waals surface area contributed by atoms with Crippen molar-refractivity contribution in [2.45, 2.75) is 13.3 Å². The van der Waals surface area contributed by atoms with Crippen LogP contribution in [0.25, 0.3) is 11.4 Å². The number of pyridine rings is 1. The summed E-state index contributed by atoms with van der Waals surface area (Å²) < 4.78 is 2.07. The molecule has 0 aliphatic carbocycles. The number of aryl methyl sites for hydroxylation is 1. The predicted molar refractivity (Wildman–Crippen MR) is 63.9 cm³/mol. The first kappa shape index (κ1) is 10.8. The molecule has 2 N–H and O–H groups in total. The Labute approximate surface area is 95.1 Å². The van der Waals surface area contributed by atoms with Crippen LogP contribution in [0.1, 0.15) is 11.5 Å². The minimum absolute atomic E-state index is 0.617. The van der Waals surface area contributed by atoms with Crippen molar-refractivity contribution in [2.75, 3.05) is 6.54 Å².